The van der Waals surface area contributed by atoms with E-state index in [1.807, 2.05) is 43.3 Å². The molecule has 0 unspecified atom stereocenters. The summed E-state index contributed by atoms with van der Waals surface area (Å²) in [5.74, 6) is -0.736. The van der Waals surface area contributed by atoms with E-state index in [-0.39, 0.29) is 28.0 Å². The lowest BCUT2D eigenvalue weighted by molar-refractivity contribution is -0.123. The Bertz CT molecular complexity index is 1800. The average Bonchev–Trinajstić information content (AvgIpc) is 3.18. The van der Waals surface area contributed by atoms with Crippen molar-refractivity contribution in [1.82, 2.24) is 4.90 Å². The van der Waals surface area contributed by atoms with Crippen LogP contribution in [0.1, 0.15) is 23.6 Å². The van der Waals surface area contributed by atoms with E-state index in [0.717, 1.165) is 28.3 Å². The molecule has 0 radical (unpaired) electrons. The zero-order valence-corrected chi connectivity index (χ0v) is 23.2. The highest BCUT2D eigenvalue weighted by atomic mass is 32.2. The number of benzene rings is 4. The van der Waals surface area contributed by atoms with Crippen LogP contribution in [0.5, 0.6) is 5.75 Å². The topological polar surface area (TPSA) is 110 Å². The van der Waals surface area contributed by atoms with E-state index in [0.29, 0.717) is 16.6 Å². The minimum atomic E-state index is -4.27. The van der Waals surface area contributed by atoms with E-state index >= 15 is 0 Å². The minimum Gasteiger partial charge on any atom is -0.378 e. The third-order valence-electron chi connectivity index (χ3n) is 6.33. The monoisotopic (exact) mass is 572 g/mol. The highest BCUT2D eigenvalue weighted by Crippen LogP contribution is 2.38. The second-order valence-corrected chi connectivity index (χ2v) is 11.7. The number of hydrogen-bond donors (Lipinski definition) is 1. The van der Waals surface area contributed by atoms with E-state index in [9.17, 15) is 22.8 Å². The van der Waals surface area contributed by atoms with Crippen molar-refractivity contribution in [2.75, 3.05) is 5.32 Å². The molecule has 0 atom stereocenters. The number of imide groups is 1. The molecule has 0 aliphatic carbocycles. The fourth-order valence-corrected chi connectivity index (χ4v) is 6.06. The van der Waals surface area contributed by atoms with Crippen LogP contribution in [0.3, 0.4) is 0 Å². The number of rotatable bonds is 7. The molecule has 40 heavy (non-hydrogen) atoms. The van der Waals surface area contributed by atoms with Gasteiger partial charge in [0, 0.05) is 18.2 Å². The number of fused-ring (bicyclic) bond motifs is 1. The summed E-state index contributed by atoms with van der Waals surface area (Å²) in [7, 11) is -4.27. The van der Waals surface area contributed by atoms with Crippen molar-refractivity contribution in [2.24, 2.45) is 0 Å². The third kappa shape index (κ3) is 5.63. The van der Waals surface area contributed by atoms with Gasteiger partial charge in [-0.3, -0.25) is 19.3 Å². The smallest absolute Gasteiger partial charge is 0.339 e. The molecular formula is C30H24N2O6S2. The number of amides is 3. The average molecular weight is 573 g/mol. The van der Waals surface area contributed by atoms with Crippen LogP contribution in [0.4, 0.5) is 10.5 Å². The summed E-state index contributed by atoms with van der Waals surface area (Å²) in [6, 6.07) is 23.6. The minimum absolute atomic E-state index is 0.00957. The lowest BCUT2D eigenvalue weighted by Gasteiger charge is -2.14. The Morgan fingerprint density at radius 2 is 1.65 bits per heavy atom. The Kier molecular flexibility index (Phi) is 7.46. The lowest BCUT2D eigenvalue weighted by atomic mass is 10.0. The molecule has 4 aromatic rings. The van der Waals surface area contributed by atoms with Gasteiger partial charge in [0.1, 0.15) is 4.90 Å². The van der Waals surface area contributed by atoms with Gasteiger partial charge in [-0.15, -0.1) is 0 Å². The zero-order chi connectivity index (χ0) is 28.4. The van der Waals surface area contributed by atoms with Gasteiger partial charge in [-0.05, 0) is 77.0 Å². The molecule has 4 aromatic carbocycles. The van der Waals surface area contributed by atoms with Crippen molar-refractivity contribution >= 4 is 61.5 Å². The molecule has 0 saturated carbocycles. The summed E-state index contributed by atoms with van der Waals surface area (Å²) in [6.45, 7) is 3.40. The van der Waals surface area contributed by atoms with Gasteiger partial charge in [0.15, 0.2) is 5.75 Å². The zero-order valence-electron chi connectivity index (χ0n) is 21.6. The molecule has 1 aliphatic rings. The molecule has 1 N–H and O–H groups in total. The van der Waals surface area contributed by atoms with E-state index in [1.54, 1.807) is 18.2 Å². The highest BCUT2D eigenvalue weighted by molar-refractivity contribution is 8.18. The summed E-state index contributed by atoms with van der Waals surface area (Å²) in [5.41, 5.74) is 2.62. The largest absolute Gasteiger partial charge is 0.378 e. The lowest BCUT2D eigenvalue weighted by Crippen LogP contribution is -2.27. The van der Waals surface area contributed by atoms with E-state index in [2.05, 4.69) is 5.32 Å². The highest BCUT2D eigenvalue weighted by Gasteiger charge is 2.35. The quantitative estimate of drug-likeness (QED) is 0.210. The molecule has 1 fully saturated rings. The summed E-state index contributed by atoms with van der Waals surface area (Å²) >= 11 is 0.799. The van der Waals surface area contributed by atoms with Crippen molar-refractivity contribution in [1.29, 1.82) is 0 Å². The van der Waals surface area contributed by atoms with Crippen LogP contribution in [0.25, 0.3) is 16.8 Å². The number of nitrogens with zero attached hydrogens (tertiary/aromatic N) is 1. The van der Waals surface area contributed by atoms with Crippen LogP contribution in [0.15, 0.2) is 94.7 Å². The Morgan fingerprint density at radius 1 is 0.950 bits per heavy atom. The number of carbonyl (C=O) groups excluding carboxylic acids is 3. The molecule has 0 bridgehead atoms. The molecule has 3 amide bonds. The van der Waals surface area contributed by atoms with Crippen LogP contribution in [-0.2, 0) is 26.3 Å². The third-order valence-corrected chi connectivity index (χ3v) is 8.49. The maximum atomic E-state index is 13.3. The summed E-state index contributed by atoms with van der Waals surface area (Å²) in [4.78, 5) is 38.7. The molecule has 10 heteroatoms. The number of anilines is 1. The Hall–Kier alpha value is -4.41. The standard InChI is InChI=1S/C30H24N2O6S2/c1-19-7-3-4-9-22(19)18-32-29(34)28(39-30(32)35)17-26-25-10-6-5-8-21(25)11-16-27(26)38-40(36,37)24-14-12-23(13-15-24)31-20(2)33/h3-17H,18H2,1-2H3,(H,31,33)/b28-17-. The number of nitrogens with one attached hydrogen (secondary N) is 1. The van der Waals surface area contributed by atoms with Crippen LogP contribution in [0, 0.1) is 6.92 Å². The molecule has 1 aliphatic heterocycles. The molecule has 0 aromatic heterocycles. The summed E-state index contributed by atoms with van der Waals surface area (Å²) in [6.07, 6.45) is 1.51. The Balaban J connectivity index is 1.51. The SMILES string of the molecule is CC(=O)Nc1ccc(S(=O)(=O)Oc2ccc3ccccc3c2/C=C2\SC(=O)N(Cc3ccccc3C)C2=O)cc1. The molecule has 0 spiro atoms. The number of aryl methyl sites for hydroxylation is 1. The van der Waals surface area contributed by atoms with Crippen LogP contribution < -0.4 is 9.50 Å². The predicted octanol–water partition coefficient (Wildman–Crippen LogP) is 6.11. The molecule has 1 saturated heterocycles. The van der Waals surface area contributed by atoms with Gasteiger partial charge in [0.25, 0.3) is 11.1 Å². The fraction of sp³-hybridized carbons (Fsp3) is 0.100. The molecule has 5 rings (SSSR count). The van der Waals surface area contributed by atoms with E-state index in [4.69, 9.17) is 4.18 Å². The van der Waals surface area contributed by atoms with Crippen molar-refractivity contribution in [3.8, 4) is 5.75 Å². The normalized spacial score (nSPS) is 14.7. The molecule has 8 nitrogen and oxygen atoms in total. The van der Waals surface area contributed by atoms with Crippen molar-refractivity contribution < 1.29 is 27.0 Å². The predicted molar refractivity (Wildman–Crippen MR) is 155 cm³/mol. The number of carbonyl (C=O) groups is 3. The van der Waals surface area contributed by atoms with Crippen molar-refractivity contribution in [2.45, 2.75) is 25.3 Å². The van der Waals surface area contributed by atoms with Gasteiger partial charge in [0.05, 0.1) is 11.4 Å². The fourth-order valence-electron chi connectivity index (χ4n) is 4.30. The van der Waals surface area contributed by atoms with Crippen molar-refractivity contribution in [3.63, 3.8) is 0 Å². The van der Waals surface area contributed by atoms with Gasteiger partial charge < -0.3 is 9.50 Å². The number of thioether (sulfide) groups is 1. The molecule has 202 valence electrons. The van der Waals surface area contributed by atoms with Crippen LogP contribution >= 0.6 is 11.8 Å². The Labute approximate surface area is 235 Å². The van der Waals surface area contributed by atoms with Gasteiger partial charge in [-0.1, -0.05) is 54.6 Å². The second kappa shape index (κ2) is 11.0. The van der Waals surface area contributed by atoms with E-state index < -0.39 is 21.3 Å². The van der Waals surface area contributed by atoms with Gasteiger partial charge in [0.2, 0.25) is 5.91 Å². The second-order valence-electron chi connectivity index (χ2n) is 9.14. The van der Waals surface area contributed by atoms with Gasteiger partial charge in [-0.2, -0.15) is 8.42 Å². The number of hydrogen-bond acceptors (Lipinski definition) is 7. The maximum absolute atomic E-state index is 13.3. The van der Waals surface area contributed by atoms with Gasteiger partial charge in [-0.25, -0.2) is 0 Å². The molecule has 1 heterocycles. The first-order valence-corrected chi connectivity index (χ1v) is 14.5. The Morgan fingerprint density at radius 3 is 2.38 bits per heavy atom. The first-order chi connectivity index (χ1) is 19.1. The van der Waals surface area contributed by atoms with Crippen LogP contribution in [0.2, 0.25) is 0 Å². The molecular weight excluding hydrogens is 548 g/mol. The maximum Gasteiger partial charge on any atom is 0.339 e. The summed E-state index contributed by atoms with van der Waals surface area (Å²) in [5, 5.41) is 3.63. The van der Waals surface area contributed by atoms with Gasteiger partial charge >= 0.3 is 10.1 Å². The summed E-state index contributed by atoms with van der Waals surface area (Å²) < 4.78 is 32.0. The first-order valence-electron chi connectivity index (χ1n) is 12.3. The van der Waals surface area contributed by atoms with Crippen molar-refractivity contribution in [3.05, 3.63) is 107 Å². The van der Waals surface area contributed by atoms with E-state index in [1.165, 1.54) is 48.2 Å². The van der Waals surface area contributed by atoms with Crippen LogP contribution in [-0.4, -0.2) is 30.4 Å². The first kappa shape index (κ1) is 27.2.